The van der Waals surface area contributed by atoms with Gasteiger partial charge in [-0.15, -0.1) is 11.3 Å². The van der Waals surface area contributed by atoms with E-state index in [0.29, 0.717) is 24.7 Å². The van der Waals surface area contributed by atoms with E-state index in [1.165, 1.54) is 0 Å². The molecule has 0 saturated carbocycles. The average molecular weight is 274 g/mol. The highest BCUT2D eigenvalue weighted by Gasteiger charge is 2.09. The first-order chi connectivity index (χ1) is 6.79. The second-order valence-electron chi connectivity index (χ2n) is 2.65. The van der Waals surface area contributed by atoms with E-state index in [1.807, 2.05) is 12.1 Å². The predicted octanol–water partition coefficient (Wildman–Crippen LogP) is 2.06. The number of nitrogens with zero attached hydrogens (tertiary/aromatic N) is 2. The molecule has 0 aliphatic rings. The molecule has 0 unspecified atom stereocenters. The number of aromatic nitrogens is 2. The lowest BCUT2D eigenvalue weighted by Crippen LogP contribution is -2.02. The van der Waals surface area contributed by atoms with E-state index in [0.717, 1.165) is 8.66 Å². The highest BCUT2D eigenvalue weighted by atomic mass is 79.9. The van der Waals surface area contributed by atoms with Crippen LogP contribution in [0.2, 0.25) is 0 Å². The second-order valence-corrected chi connectivity index (χ2v) is 5.12. The van der Waals surface area contributed by atoms with Crippen molar-refractivity contribution in [1.29, 1.82) is 0 Å². The quantitative estimate of drug-likeness (QED) is 0.930. The van der Waals surface area contributed by atoms with E-state index in [1.54, 1.807) is 11.3 Å². The molecule has 2 aromatic heterocycles. The Morgan fingerprint density at radius 2 is 2.36 bits per heavy atom. The number of halogens is 1. The first-order valence-corrected chi connectivity index (χ1v) is 5.69. The van der Waals surface area contributed by atoms with Crippen LogP contribution in [0, 0.1) is 0 Å². The standard InChI is InChI=1S/C8H8BrN3OS/c9-6-2-1-5(14-6)8-11-7(3-4-10)13-12-8/h1-2H,3-4,10H2. The first kappa shape index (κ1) is 9.82. The van der Waals surface area contributed by atoms with Gasteiger partial charge in [0.25, 0.3) is 0 Å². The van der Waals surface area contributed by atoms with Crippen LogP contribution in [0.1, 0.15) is 5.89 Å². The summed E-state index contributed by atoms with van der Waals surface area (Å²) in [5.74, 6) is 1.22. The van der Waals surface area contributed by atoms with Crippen molar-refractivity contribution >= 4 is 27.3 Å². The fourth-order valence-electron chi connectivity index (χ4n) is 1.01. The molecule has 4 nitrogen and oxygen atoms in total. The van der Waals surface area contributed by atoms with Gasteiger partial charge in [0.2, 0.25) is 11.7 Å². The summed E-state index contributed by atoms with van der Waals surface area (Å²) in [6.07, 6.45) is 0.625. The number of hydrogen-bond donors (Lipinski definition) is 1. The van der Waals surface area contributed by atoms with Crippen molar-refractivity contribution in [3.8, 4) is 10.7 Å². The molecular weight excluding hydrogens is 266 g/mol. The Labute approximate surface area is 93.3 Å². The summed E-state index contributed by atoms with van der Waals surface area (Å²) < 4.78 is 6.07. The molecule has 0 saturated heterocycles. The molecule has 6 heteroatoms. The van der Waals surface area contributed by atoms with Crippen LogP contribution in [-0.4, -0.2) is 16.7 Å². The van der Waals surface area contributed by atoms with Gasteiger partial charge in [-0.2, -0.15) is 4.98 Å². The second kappa shape index (κ2) is 4.20. The summed E-state index contributed by atoms with van der Waals surface area (Å²) in [6.45, 7) is 0.524. The fraction of sp³-hybridized carbons (Fsp3) is 0.250. The van der Waals surface area contributed by atoms with Crippen molar-refractivity contribution in [2.45, 2.75) is 6.42 Å². The molecule has 14 heavy (non-hydrogen) atoms. The summed E-state index contributed by atoms with van der Waals surface area (Å²) in [7, 11) is 0. The number of rotatable bonds is 3. The molecule has 74 valence electrons. The normalized spacial score (nSPS) is 10.7. The average Bonchev–Trinajstić information content (AvgIpc) is 2.74. The maximum atomic E-state index is 5.38. The molecule has 2 heterocycles. The third-order valence-corrected chi connectivity index (χ3v) is 3.24. The largest absolute Gasteiger partial charge is 0.339 e. The Morgan fingerprint density at radius 1 is 1.50 bits per heavy atom. The first-order valence-electron chi connectivity index (χ1n) is 4.08. The van der Waals surface area contributed by atoms with Gasteiger partial charge in [-0.25, -0.2) is 0 Å². The summed E-state index contributed by atoms with van der Waals surface area (Å²) >= 11 is 4.95. The molecule has 2 N–H and O–H groups in total. The van der Waals surface area contributed by atoms with Crippen LogP contribution < -0.4 is 5.73 Å². The Kier molecular flexibility index (Phi) is 2.95. The Hall–Kier alpha value is -0.720. The van der Waals surface area contributed by atoms with Crippen LogP contribution in [0.5, 0.6) is 0 Å². The summed E-state index contributed by atoms with van der Waals surface area (Å²) in [4.78, 5) is 5.21. The molecule has 0 aliphatic carbocycles. The highest BCUT2D eigenvalue weighted by molar-refractivity contribution is 9.11. The van der Waals surface area contributed by atoms with E-state index in [9.17, 15) is 0 Å². The lowest BCUT2D eigenvalue weighted by molar-refractivity contribution is 0.380. The van der Waals surface area contributed by atoms with Crippen molar-refractivity contribution < 1.29 is 4.52 Å². The molecule has 0 bridgehead atoms. The Morgan fingerprint density at radius 3 is 3.00 bits per heavy atom. The van der Waals surface area contributed by atoms with Crippen molar-refractivity contribution in [2.75, 3.05) is 6.54 Å². The Bertz CT molecular complexity index is 426. The van der Waals surface area contributed by atoms with Gasteiger partial charge in [-0.05, 0) is 28.1 Å². The minimum atomic E-state index is 0.524. The van der Waals surface area contributed by atoms with Gasteiger partial charge in [0, 0.05) is 13.0 Å². The Balaban J connectivity index is 2.24. The number of hydrogen-bond acceptors (Lipinski definition) is 5. The molecular formula is C8H8BrN3OS. The lowest BCUT2D eigenvalue weighted by Gasteiger charge is -1.84. The van der Waals surface area contributed by atoms with E-state index in [2.05, 4.69) is 26.1 Å². The SMILES string of the molecule is NCCc1nc(-c2ccc(Br)s2)no1. The zero-order chi connectivity index (χ0) is 9.97. The summed E-state index contributed by atoms with van der Waals surface area (Å²) in [6, 6.07) is 3.91. The van der Waals surface area contributed by atoms with Crippen LogP contribution in [0.4, 0.5) is 0 Å². The van der Waals surface area contributed by atoms with Crippen LogP contribution >= 0.6 is 27.3 Å². The molecule has 0 aliphatic heterocycles. The summed E-state index contributed by atoms with van der Waals surface area (Å²) in [5.41, 5.74) is 5.38. The smallest absolute Gasteiger partial charge is 0.228 e. The van der Waals surface area contributed by atoms with E-state index in [-0.39, 0.29) is 0 Å². The van der Waals surface area contributed by atoms with Gasteiger partial charge in [0.05, 0.1) is 8.66 Å². The van der Waals surface area contributed by atoms with E-state index < -0.39 is 0 Å². The van der Waals surface area contributed by atoms with E-state index >= 15 is 0 Å². The van der Waals surface area contributed by atoms with Gasteiger partial charge in [0.1, 0.15) is 0 Å². The predicted molar refractivity (Wildman–Crippen MR) is 58.1 cm³/mol. The third-order valence-electron chi connectivity index (χ3n) is 1.62. The van der Waals surface area contributed by atoms with Crippen LogP contribution in [-0.2, 0) is 6.42 Å². The maximum Gasteiger partial charge on any atom is 0.228 e. The zero-order valence-corrected chi connectivity index (χ0v) is 9.64. The zero-order valence-electron chi connectivity index (χ0n) is 7.24. The molecule has 0 fully saturated rings. The van der Waals surface area contributed by atoms with Crippen LogP contribution in [0.3, 0.4) is 0 Å². The van der Waals surface area contributed by atoms with Gasteiger partial charge >= 0.3 is 0 Å². The van der Waals surface area contributed by atoms with Crippen molar-refractivity contribution in [3.05, 3.63) is 21.8 Å². The number of nitrogens with two attached hydrogens (primary N) is 1. The molecule has 2 rings (SSSR count). The maximum absolute atomic E-state index is 5.38. The molecule has 0 spiro atoms. The molecule has 0 aromatic carbocycles. The molecule has 0 amide bonds. The molecule has 0 atom stereocenters. The van der Waals surface area contributed by atoms with E-state index in [4.69, 9.17) is 10.3 Å². The number of thiophene rings is 1. The lowest BCUT2D eigenvalue weighted by atomic mass is 10.4. The third kappa shape index (κ3) is 2.02. The monoisotopic (exact) mass is 273 g/mol. The van der Waals surface area contributed by atoms with Crippen LogP contribution in [0.15, 0.2) is 20.4 Å². The van der Waals surface area contributed by atoms with Crippen molar-refractivity contribution in [3.63, 3.8) is 0 Å². The highest BCUT2D eigenvalue weighted by Crippen LogP contribution is 2.29. The fourth-order valence-corrected chi connectivity index (χ4v) is 2.33. The van der Waals surface area contributed by atoms with Gasteiger partial charge in [-0.3, -0.25) is 0 Å². The van der Waals surface area contributed by atoms with Crippen molar-refractivity contribution in [1.82, 2.24) is 10.1 Å². The van der Waals surface area contributed by atoms with Crippen molar-refractivity contribution in [2.24, 2.45) is 5.73 Å². The molecule has 2 aromatic rings. The minimum Gasteiger partial charge on any atom is -0.339 e. The van der Waals surface area contributed by atoms with Gasteiger partial charge < -0.3 is 10.3 Å². The molecule has 0 radical (unpaired) electrons. The topological polar surface area (TPSA) is 64.9 Å². The van der Waals surface area contributed by atoms with Crippen LogP contribution in [0.25, 0.3) is 10.7 Å². The summed E-state index contributed by atoms with van der Waals surface area (Å²) in [5, 5.41) is 3.87. The van der Waals surface area contributed by atoms with Gasteiger partial charge in [0.15, 0.2) is 0 Å². The minimum absolute atomic E-state index is 0.524. The van der Waals surface area contributed by atoms with Gasteiger partial charge in [-0.1, -0.05) is 5.16 Å².